The quantitative estimate of drug-likeness (QED) is 0.157. The van der Waals surface area contributed by atoms with Gasteiger partial charge in [-0.1, -0.05) is 127 Å². The Morgan fingerprint density at radius 3 is 1.36 bits per heavy atom. The molecule has 278 valence electrons. The fourth-order valence-electron chi connectivity index (χ4n) is 10.5. The van der Waals surface area contributed by atoms with E-state index in [0.717, 1.165) is 44.3 Å². The lowest BCUT2D eigenvalue weighted by atomic mass is 9.55. The minimum Gasteiger partial charge on any atom is -0.455 e. The lowest BCUT2D eigenvalue weighted by Crippen LogP contribution is -2.57. The summed E-state index contributed by atoms with van der Waals surface area (Å²) >= 11 is 0. The van der Waals surface area contributed by atoms with E-state index in [1.54, 1.807) is 0 Å². The Morgan fingerprint density at radius 2 is 0.803 bits per heavy atom. The summed E-state index contributed by atoms with van der Waals surface area (Å²) in [7, 11) is 30.2. The molecule has 1 heterocycles. The fraction of sp³-hybridized carbons (Fsp3) is 0. The van der Waals surface area contributed by atoms with Crippen LogP contribution >= 0.6 is 0 Å². The molecular weight excluding hydrogens is 723 g/mol. The average Bonchev–Trinajstić information content (AvgIpc) is 3.67. The molecule has 2 nitrogen and oxygen atoms in total. The number of para-hydroxylation sites is 1. The number of fused-ring (bicyclic) bond motifs is 5. The number of rotatable bonds is 6. The van der Waals surface area contributed by atoms with Gasteiger partial charge in [0, 0.05) is 33.2 Å². The number of hydrogen-bond donors (Lipinski definition) is 0. The molecule has 0 unspecified atom stereocenters. The second kappa shape index (κ2) is 15.4. The SMILES string of the molecule is Bc1c(B)c(B)c(-c2c(B)c(B)c(-c3c(B)c(B)c(N(c4ccccc4)c4ccc(-c5cccc6oc7c8ccccc8ccc7c56)cc4)c(B)c3B)c(B)c2B)c(B)c1B. The predicted octanol–water partition coefficient (Wildman–Crippen LogP) is -9.43. The second-order valence-corrected chi connectivity index (χ2v) is 17.6. The van der Waals surface area contributed by atoms with Crippen molar-refractivity contribution in [2.75, 3.05) is 4.90 Å². The third-order valence-corrected chi connectivity index (χ3v) is 14.8. The monoisotopic (exact) mass is 769 g/mol. The maximum absolute atomic E-state index is 6.56. The standard InChI is InChI=1S/C46H44B13NO/c47-32-28(30-36(51)40(55)42(57)41(56)37(30)52)33(48)35(50)29(34(32)49)31-38(53)43(58)45(44(59)39(31)54)60(21-8-2-1-3-9-21)22-16-13-20(14-17-22)23-11-6-12-26-27(23)25-18-15-19-7-4-5-10-24(19)46(25)61-26/h1-18H,47-59H2. The molecule has 0 saturated heterocycles. The van der Waals surface area contributed by atoms with Crippen molar-refractivity contribution >= 4 is 223 Å². The van der Waals surface area contributed by atoms with Crippen LogP contribution in [0.3, 0.4) is 0 Å². The van der Waals surface area contributed by atoms with Gasteiger partial charge in [0.2, 0.25) is 0 Å². The van der Waals surface area contributed by atoms with Gasteiger partial charge in [-0.25, -0.2) is 0 Å². The molecule has 0 bridgehead atoms. The van der Waals surface area contributed by atoms with E-state index in [1.807, 2.05) is 0 Å². The molecule has 0 aliphatic heterocycles. The van der Waals surface area contributed by atoms with Gasteiger partial charge in [-0.2, -0.15) is 0 Å². The van der Waals surface area contributed by atoms with Gasteiger partial charge >= 0.3 is 0 Å². The highest BCUT2D eigenvalue weighted by Gasteiger charge is 2.26. The van der Waals surface area contributed by atoms with E-state index in [2.05, 4.69) is 216 Å². The summed E-state index contributed by atoms with van der Waals surface area (Å²) in [6.45, 7) is 0. The molecule has 0 spiro atoms. The first-order valence-electron chi connectivity index (χ1n) is 21.8. The second-order valence-electron chi connectivity index (χ2n) is 17.6. The Bertz CT molecular complexity index is 3210. The van der Waals surface area contributed by atoms with Crippen molar-refractivity contribution in [3.05, 3.63) is 109 Å². The van der Waals surface area contributed by atoms with E-state index in [9.17, 15) is 0 Å². The maximum atomic E-state index is 6.56. The Hall–Kier alpha value is -5.54. The van der Waals surface area contributed by atoms with Crippen LogP contribution in [0.2, 0.25) is 0 Å². The van der Waals surface area contributed by atoms with Crippen LogP contribution in [0.25, 0.3) is 66.1 Å². The van der Waals surface area contributed by atoms with E-state index in [-0.39, 0.29) is 0 Å². The Labute approximate surface area is 372 Å². The van der Waals surface area contributed by atoms with Crippen molar-refractivity contribution in [3.8, 4) is 33.4 Å². The lowest BCUT2D eigenvalue weighted by Gasteiger charge is -2.34. The van der Waals surface area contributed by atoms with Gasteiger partial charge in [-0.05, 0) is 75.2 Å². The summed E-state index contributed by atoms with van der Waals surface area (Å²) < 4.78 is 6.56. The van der Waals surface area contributed by atoms with Crippen LogP contribution in [0.5, 0.6) is 0 Å². The van der Waals surface area contributed by atoms with Gasteiger partial charge in [0.25, 0.3) is 0 Å². The van der Waals surface area contributed by atoms with Crippen LogP contribution in [0.15, 0.2) is 114 Å². The number of benzene rings is 8. The molecule has 61 heavy (non-hydrogen) atoms. The van der Waals surface area contributed by atoms with Crippen LogP contribution in [0, 0.1) is 0 Å². The molecule has 9 aromatic rings. The fourth-order valence-corrected chi connectivity index (χ4v) is 10.5. The van der Waals surface area contributed by atoms with Crippen molar-refractivity contribution in [2.45, 2.75) is 0 Å². The third kappa shape index (κ3) is 6.28. The topological polar surface area (TPSA) is 16.4 Å². The zero-order valence-corrected chi connectivity index (χ0v) is 38.2. The van der Waals surface area contributed by atoms with Crippen molar-refractivity contribution < 1.29 is 4.42 Å². The van der Waals surface area contributed by atoms with Crippen LogP contribution in [-0.2, 0) is 0 Å². The number of nitrogens with zero attached hydrogens (tertiary/aromatic N) is 1. The molecule has 0 saturated carbocycles. The summed E-state index contributed by atoms with van der Waals surface area (Å²) in [4.78, 5) is 2.46. The number of furan rings is 1. The van der Waals surface area contributed by atoms with Gasteiger partial charge in [0.15, 0.2) is 0 Å². The molecular formula is C46H44B13NO. The molecule has 0 aliphatic carbocycles. The summed E-state index contributed by atoms with van der Waals surface area (Å²) in [6, 6.07) is 39.3. The van der Waals surface area contributed by atoms with Gasteiger partial charge < -0.3 is 9.32 Å². The first kappa shape index (κ1) is 40.8. The molecule has 0 atom stereocenters. The average molecular weight is 767 g/mol. The van der Waals surface area contributed by atoms with E-state index in [4.69, 9.17) is 4.42 Å². The largest absolute Gasteiger partial charge is 0.455 e. The van der Waals surface area contributed by atoms with Crippen LogP contribution in [0.4, 0.5) is 17.1 Å². The lowest BCUT2D eigenvalue weighted by molar-refractivity contribution is 0.673. The van der Waals surface area contributed by atoms with Crippen molar-refractivity contribution in [1.82, 2.24) is 0 Å². The highest BCUT2D eigenvalue weighted by atomic mass is 16.3. The summed E-state index contributed by atoms with van der Waals surface area (Å²) in [5.41, 5.74) is 31.0. The molecule has 9 rings (SSSR count). The van der Waals surface area contributed by atoms with Crippen molar-refractivity contribution in [2.24, 2.45) is 0 Å². The Morgan fingerprint density at radius 1 is 0.344 bits per heavy atom. The van der Waals surface area contributed by atoms with E-state index in [1.165, 1.54) is 110 Å². The highest BCUT2D eigenvalue weighted by Crippen LogP contribution is 2.40. The molecule has 0 amide bonds. The minimum absolute atomic E-state index is 0.909. The molecule has 0 radical (unpaired) electrons. The summed E-state index contributed by atoms with van der Waals surface area (Å²) in [6.07, 6.45) is 0. The molecule has 15 heteroatoms. The number of hydrogen-bond acceptors (Lipinski definition) is 2. The number of anilines is 3. The summed E-state index contributed by atoms with van der Waals surface area (Å²) in [5, 5.41) is 4.63. The Kier molecular flexibility index (Phi) is 10.3. The predicted molar refractivity (Wildman–Crippen MR) is 309 cm³/mol. The minimum atomic E-state index is 0.909. The highest BCUT2D eigenvalue weighted by molar-refractivity contribution is 6.72. The van der Waals surface area contributed by atoms with Gasteiger partial charge in [-0.15, -0.1) is 16.4 Å². The van der Waals surface area contributed by atoms with Crippen LogP contribution in [0.1, 0.15) is 0 Å². The zero-order valence-electron chi connectivity index (χ0n) is 38.2. The van der Waals surface area contributed by atoms with E-state index < -0.39 is 0 Å². The third-order valence-electron chi connectivity index (χ3n) is 14.8. The van der Waals surface area contributed by atoms with Gasteiger partial charge in [0.1, 0.15) is 113 Å². The first-order valence-corrected chi connectivity index (χ1v) is 21.8. The van der Waals surface area contributed by atoms with Gasteiger partial charge in [-0.3, -0.25) is 0 Å². The van der Waals surface area contributed by atoms with E-state index in [0.29, 0.717) is 0 Å². The smallest absolute Gasteiger partial charge is 0.143 e. The maximum Gasteiger partial charge on any atom is 0.143 e. The molecule has 8 aromatic carbocycles. The molecule has 0 fully saturated rings. The molecule has 0 aliphatic rings. The van der Waals surface area contributed by atoms with Crippen molar-refractivity contribution in [1.29, 1.82) is 0 Å². The van der Waals surface area contributed by atoms with Crippen LogP contribution in [-0.4, -0.2) is 102 Å². The summed E-state index contributed by atoms with van der Waals surface area (Å²) in [5.74, 6) is 0. The molecule has 1 aromatic heterocycles. The first-order chi connectivity index (χ1) is 29.2. The molecule has 0 N–H and O–H groups in total. The van der Waals surface area contributed by atoms with E-state index >= 15 is 0 Å². The normalized spacial score (nSPS) is 11.5. The van der Waals surface area contributed by atoms with Crippen molar-refractivity contribution in [3.63, 3.8) is 0 Å². The van der Waals surface area contributed by atoms with Gasteiger partial charge in [0.05, 0.1) is 0 Å². The zero-order chi connectivity index (χ0) is 43.2. The Balaban J connectivity index is 1.19. The van der Waals surface area contributed by atoms with Crippen LogP contribution < -0.4 is 75.9 Å².